The van der Waals surface area contributed by atoms with Crippen molar-refractivity contribution >= 4 is 88.7 Å². The lowest BCUT2D eigenvalue weighted by molar-refractivity contribution is -0.671. The number of carbonyl (C=O) groups is 7. The highest BCUT2D eigenvalue weighted by atomic mass is 79.9. The highest BCUT2D eigenvalue weighted by molar-refractivity contribution is 8.04. The summed E-state index contributed by atoms with van der Waals surface area (Å²) in [7, 11) is 2.06. The molecule has 1 aliphatic carbocycles. The van der Waals surface area contributed by atoms with Crippen LogP contribution in [-0.2, 0) is 68.2 Å². The Hall–Kier alpha value is -6.82. The average molecular weight is 1730 g/mol. The molecule has 34 nitrogen and oxygen atoms in total. The Morgan fingerprint density at radius 2 is 0.965 bits per heavy atom. The van der Waals surface area contributed by atoms with E-state index in [1.54, 1.807) is 136 Å². The van der Waals surface area contributed by atoms with Crippen molar-refractivity contribution in [1.82, 2.24) is 37.2 Å². The van der Waals surface area contributed by atoms with Crippen LogP contribution in [0.4, 0.5) is 34.5 Å². The van der Waals surface area contributed by atoms with Crippen LogP contribution in [0, 0.1) is 0 Å². The van der Waals surface area contributed by atoms with Crippen molar-refractivity contribution in [3.8, 4) is 0 Å². The van der Waals surface area contributed by atoms with Gasteiger partial charge in [-0.3, -0.25) is 4.79 Å². The predicted octanol–water partition coefficient (Wildman–Crippen LogP) is 3.21. The Kier molecular flexibility index (Phi) is 33.4. The van der Waals surface area contributed by atoms with Crippen LogP contribution in [0.5, 0.6) is 0 Å². The van der Waals surface area contributed by atoms with Crippen LogP contribution in [0.2, 0.25) is 0 Å². The third kappa shape index (κ3) is 28.7. The number of anilines is 1. The Labute approximate surface area is 690 Å². The van der Waals surface area contributed by atoms with Crippen LogP contribution in [0.3, 0.4) is 0 Å². The van der Waals surface area contributed by atoms with Crippen molar-refractivity contribution in [2.45, 2.75) is 312 Å². The minimum absolute atomic E-state index is 0. The van der Waals surface area contributed by atoms with Gasteiger partial charge in [0, 0.05) is 68.1 Å². The maximum absolute atomic E-state index is 14.2. The number of nitrogens with zero attached hydrogens (tertiary/aromatic N) is 2. The number of hydrogen-bond acceptors (Lipinski definition) is 28. The zero-order valence-corrected chi connectivity index (χ0v) is 72.1. The van der Waals surface area contributed by atoms with Gasteiger partial charge in [-0.05, 0) is 167 Å². The number of halogens is 1. The zero-order chi connectivity index (χ0) is 84.3. The van der Waals surface area contributed by atoms with Crippen LogP contribution in [-0.4, -0.2) is 261 Å². The molecule has 3 aromatic rings. The van der Waals surface area contributed by atoms with Gasteiger partial charge >= 0.3 is 36.6 Å². The van der Waals surface area contributed by atoms with E-state index in [0.717, 1.165) is 27.2 Å². The number of nitrogens with one attached hydrogen (secondary N) is 7. The van der Waals surface area contributed by atoms with E-state index >= 15 is 0 Å². The highest BCUT2D eigenvalue weighted by Gasteiger charge is 2.57. The number of unbranched alkanes of at least 4 members (excludes halogenated alkanes) is 1. The van der Waals surface area contributed by atoms with Crippen molar-refractivity contribution in [3.63, 3.8) is 0 Å². The lowest BCUT2D eigenvalue weighted by Crippen LogP contribution is -3.00. The summed E-state index contributed by atoms with van der Waals surface area (Å²) in [4.78, 5) is 98.6. The fourth-order valence-corrected chi connectivity index (χ4v) is 15.1. The molecule has 0 radical (unpaired) electrons. The Balaban J connectivity index is 0.0000183. The molecular formula is C78H120BrN9O25S2. The number of aryl methyl sites for hydroxylation is 1. The summed E-state index contributed by atoms with van der Waals surface area (Å²) in [5.41, 5.74) is -3.15. The molecule has 4 fully saturated rings. The second kappa shape index (κ2) is 40.3. The van der Waals surface area contributed by atoms with Crippen molar-refractivity contribution in [1.29, 1.82) is 0 Å². The second-order valence-electron chi connectivity index (χ2n) is 34.7. The van der Waals surface area contributed by atoms with Gasteiger partial charge in [0.05, 0.1) is 34.3 Å². The summed E-state index contributed by atoms with van der Waals surface area (Å²) in [5, 5.41) is 93.9. The third-order valence-electron chi connectivity index (χ3n) is 17.9. The van der Waals surface area contributed by atoms with Gasteiger partial charge in [-0.2, -0.15) is 16.3 Å². The van der Waals surface area contributed by atoms with Crippen LogP contribution < -0.4 is 63.7 Å². The van der Waals surface area contributed by atoms with Gasteiger partial charge in [0.2, 0.25) is 11.4 Å². The molecule has 3 saturated heterocycles. The average Bonchev–Trinajstić information content (AvgIpc) is 1.76. The molecule has 0 spiro atoms. The van der Waals surface area contributed by atoms with E-state index in [9.17, 15) is 64.2 Å². The molecule has 1 saturated carbocycles. The highest BCUT2D eigenvalue weighted by Crippen LogP contribution is 2.46. The van der Waals surface area contributed by atoms with E-state index in [0.29, 0.717) is 19.4 Å². The Morgan fingerprint density at radius 3 is 1.48 bits per heavy atom. The minimum Gasteiger partial charge on any atom is -1.00 e. The minimum atomic E-state index is -2.02. The number of ether oxygens (including phenoxy) is 12. The molecule has 0 bridgehead atoms. The van der Waals surface area contributed by atoms with Crippen molar-refractivity contribution in [3.05, 3.63) is 71.4 Å². The zero-order valence-electron chi connectivity index (χ0n) is 68.9. The van der Waals surface area contributed by atoms with Crippen LogP contribution in [0.1, 0.15) is 156 Å². The Bertz CT molecular complexity index is 3810. The summed E-state index contributed by atoms with van der Waals surface area (Å²) < 4.78 is 75.1. The van der Waals surface area contributed by atoms with E-state index in [1.165, 1.54) is 16.7 Å². The molecule has 5 aliphatic rings. The summed E-state index contributed by atoms with van der Waals surface area (Å²) in [6.45, 7) is 28.5. The number of fused-ring (bicyclic) bond motifs is 2. The first-order valence-corrected chi connectivity index (χ1v) is 40.4. The fraction of sp³-hybridized carbons (Fsp3) is 0.692. The Morgan fingerprint density at radius 1 is 0.513 bits per heavy atom. The maximum atomic E-state index is 14.2. The van der Waals surface area contributed by atoms with Crippen LogP contribution in [0.25, 0.3) is 17.0 Å². The van der Waals surface area contributed by atoms with Gasteiger partial charge in [0.25, 0.3) is 0 Å². The second-order valence-corrected chi connectivity index (χ2v) is 36.9. The first-order valence-electron chi connectivity index (χ1n) is 38.4. The summed E-state index contributed by atoms with van der Waals surface area (Å²) >= 11 is 2.95. The molecule has 1 aromatic heterocycles. The number of para-hydroxylation sites is 2. The predicted molar refractivity (Wildman–Crippen MR) is 419 cm³/mol. The van der Waals surface area contributed by atoms with Crippen molar-refractivity contribution in [2.24, 2.45) is 0 Å². The number of benzene rings is 2. The summed E-state index contributed by atoms with van der Waals surface area (Å²) in [6.07, 6.45) is -28.3. The molecule has 115 heavy (non-hydrogen) atoms. The van der Waals surface area contributed by atoms with Gasteiger partial charge in [-0.25, -0.2) is 28.8 Å². The summed E-state index contributed by atoms with van der Waals surface area (Å²) in [5.74, 6) is -0.0769. The molecule has 4 aliphatic heterocycles. The van der Waals surface area contributed by atoms with E-state index in [4.69, 9.17) is 56.8 Å². The van der Waals surface area contributed by atoms with Crippen LogP contribution >= 0.6 is 23.5 Å². The van der Waals surface area contributed by atoms with Crippen LogP contribution in [0.15, 0.2) is 70.7 Å². The first kappa shape index (κ1) is 95.3. The number of carbonyl (C=O) groups excluding carboxylic acids is 7. The standard InChI is InChI=1S/C78H119N9O25S2.BrH/c1-73(2,3)107-67(95)80-38-47-56(90)58(92)53(84-71(99)111-77(13,14)15)64(101-47)104-61-44(83-70(98)110-76(10,11)12)37-43(82-69(97)109-75(7,8)9)55(89)63(61)106-66-60(94)62(105-65-54(85-72(100)112-78(16,17)18)59(93)57(91)48(102-65)39-81-68(96)108-74(4,5)6)49(103-66)40-113-35-32-79-51(88)30-24-25-33-87-34-31-41(42-26-20-21-27-45(42)87)36-52-86(19)46-28-22-23-29-50(46)114-52;/h20-23,26-29,31,34,36,43-44,47-49,53-66,89-94H,24-25,30,32-33,35,37-40H2,1-19H3,(H6-,79,80,81,82,83,84,85,88,95,96,97,98,99,100);1H/t43-,44+,47-,48+,49-,53-,54-,55+,56-,57-,58-,59-,60-,61-,62-,63-,64-,65-,66+;/m1./s1. The molecule has 13 N–H and O–H groups in total. The lowest BCUT2D eigenvalue weighted by Gasteiger charge is -2.49. The molecule has 19 atom stereocenters. The number of amides is 7. The SMILES string of the molecule is CN1/C(=C/c2cc[n+](CCCCC(=O)NCCSC[C@H]3O[C@@H](O[C@@H]4[C@@H](O)[C@H](NC(=O)OC(C)(C)C)C[C@H](NC(=O)OC(C)(C)C)[C@H]4O[C@H]4O[C@H](CNC(=O)OC(C)(C)C)[C@@H](O)[C@H](O)[C@H]4NC(=O)OC(C)(C)C)[C@H](O)[C@@H]3O[C@H]3O[C@@H](CNC(=O)OC(C)(C)C)[C@@H](O)[C@H](O)[C@H]3NC(=O)OC(C)(C)C)c3ccccc23)Sc2ccccc21.[Br-]. The number of aliphatic hydroxyl groups excluding tert-OH is 6. The van der Waals surface area contributed by atoms with E-state index in [1.807, 2.05) is 24.3 Å². The molecule has 7 amide bonds. The molecule has 0 unspecified atom stereocenters. The third-order valence-corrected chi connectivity index (χ3v) is 20.1. The molecule has 646 valence electrons. The van der Waals surface area contributed by atoms with E-state index in [2.05, 4.69) is 96.3 Å². The van der Waals surface area contributed by atoms with Crippen molar-refractivity contribution < 1.29 is 143 Å². The largest absolute Gasteiger partial charge is 1.00 e. The topological polar surface area (TPSA) is 443 Å². The number of hydrogen-bond donors (Lipinski definition) is 13. The van der Waals surface area contributed by atoms with Gasteiger partial charge < -0.3 is 147 Å². The monoisotopic (exact) mass is 1730 g/mol. The molecule has 8 rings (SSSR count). The quantitative estimate of drug-likeness (QED) is 0.0329. The van der Waals surface area contributed by atoms with Gasteiger partial charge in [-0.15, -0.1) is 0 Å². The first-order chi connectivity index (χ1) is 53.0. The molecule has 37 heteroatoms. The molecule has 5 heterocycles. The normalized spacial score (nSPS) is 28.2. The van der Waals surface area contributed by atoms with Gasteiger partial charge in [-0.1, -0.05) is 36.0 Å². The van der Waals surface area contributed by atoms with Gasteiger partial charge in [0.1, 0.15) is 119 Å². The molecular weight excluding hydrogens is 1610 g/mol. The number of pyridine rings is 1. The van der Waals surface area contributed by atoms with Gasteiger partial charge in [0.15, 0.2) is 25.1 Å². The summed E-state index contributed by atoms with van der Waals surface area (Å²) in [6, 6.07) is 12.1. The number of alkyl carbamates (subject to hydrolysis) is 6. The maximum Gasteiger partial charge on any atom is 0.408 e. The number of thioether (sulfide) groups is 2. The number of rotatable bonds is 25. The smallest absolute Gasteiger partial charge is 0.408 e. The number of aromatic nitrogens is 1. The number of aliphatic hydroxyl groups is 6. The lowest BCUT2D eigenvalue weighted by atomic mass is 9.83. The van der Waals surface area contributed by atoms with E-state index in [-0.39, 0.29) is 47.4 Å². The fourth-order valence-electron chi connectivity index (χ4n) is 13.1. The molecule has 2 aromatic carbocycles. The van der Waals surface area contributed by atoms with E-state index < -0.39 is 206 Å². The van der Waals surface area contributed by atoms with Crippen molar-refractivity contribution in [2.75, 3.05) is 43.1 Å².